The predicted octanol–water partition coefficient (Wildman–Crippen LogP) is 3.58. The molecule has 2 N–H and O–H groups in total. The summed E-state index contributed by atoms with van der Waals surface area (Å²) in [5.74, 6) is -0.205. The minimum atomic E-state index is -4.15. The number of carbonyl (C=O) groups excluding carboxylic acids is 1. The van der Waals surface area contributed by atoms with Crippen LogP contribution in [0.1, 0.15) is 36.2 Å². The average Bonchev–Trinajstić information content (AvgIpc) is 2.93. The predicted molar refractivity (Wildman–Crippen MR) is 90.4 cm³/mol. The highest BCUT2D eigenvalue weighted by atomic mass is 19.4. The Morgan fingerprint density at radius 3 is 2.52 bits per heavy atom. The molecule has 1 unspecified atom stereocenters. The molecular formula is C18H22F3N3O. The highest BCUT2D eigenvalue weighted by molar-refractivity contribution is 6.06. The monoisotopic (exact) mass is 353 g/mol. The molecule has 1 atom stereocenters. The molecule has 2 heterocycles. The van der Waals surface area contributed by atoms with E-state index >= 15 is 0 Å². The smallest absolute Gasteiger partial charge is 0.366 e. The maximum atomic E-state index is 12.5. The maximum Gasteiger partial charge on any atom is 0.401 e. The summed E-state index contributed by atoms with van der Waals surface area (Å²) in [4.78, 5) is 13.2. The molecule has 25 heavy (non-hydrogen) atoms. The largest absolute Gasteiger partial charge is 0.401 e. The minimum Gasteiger partial charge on any atom is -0.366 e. The van der Waals surface area contributed by atoms with Crippen LogP contribution >= 0.6 is 0 Å². The quantitative estimate of drug-likeness (QED) is 0.913. The summed E-state index contributed by atoms with van der Waals surface area (Å²) >= 11 is 0. The molecule has 1 aliphatic heterocycles. The van der Waals surface area contributed by atoms with Crippen LogP contribution in [0.25, 0.3) is 10.9 Å². The number of para-hydroxylation sites is 1. The van der Waals surface area contributed by atoms with Gasteiger partial charge in [-0.2, -0.15) is 13.2 Å². The van der Waals surface area contributed by atoms with E-state index in [9.17, 15) is 18.0 Å². The van der Waals surface area contributed by atoms with E-state index in [2.05, 4.69) is 6.92 Å². The van der Waals surface area contributed by atoms with Gasteiger partial charge in [-0.25, -0.2) is 0 Å². The van der Waals surface area contributed by atoms with E-state index in [1.807, 2.05) is 28.8 Å². The molecule has 0 saturated carbocycles. The van der Waals surface area contributed by atoms with Gasteiger partial charge in [-0.15, -0.1) is 0 Å². The molecule has 1 aromatic carbocycles. The van der Waals surface area contributed by atoms with Crippen molar-refractivity contribution in [2.24, 2.45) is 11.7 Å². The highest BCUT2D eigenvalue weighted by Crippen LogP contribution is 2.33. The van der Waals surface area contributed by atoms with E-state index in [0.29, 0.717) is 31.5 Å². The van der Waals surface area contributed by atoms with E-state index in [-0.39, 0.29) is 12.0 Å². The Morgan fingerprint density at radius 2 is 1.92 bits per heavy atom. The number of likely N-dealkylation sites (tertiary alicyclic amines) is 1. The number of aromatic nitrogens is 1. The van der Waals surface area contributed by atoms with Crippen molar-refractivity contribution in [2.75, 3.05) is 19.6 Å². The zero-order valence-electron chi connectivity index (χ0n) is 14.1. The summed E-state index contributed by atoms with van der Waals surface area (Å²) in [6.45, 7) is 2.10. The summed E-state index contributed by atoms with van der Waals surface area (Å²) < 4.78 is 39.6. The Kier molecular flexibility index (Phi) is 4.77. The summed E-state index contributed by atoms with van der Waals surface area (Å²) in [6.07, 6.45) is -0.962. The van der Waals surface area contributed by atoms with Crippen LogP contribution < -0.4 is 5.73 Å². The van der Waals surface area contributed by atoms with Crippen LogP contribution in [0.15, 0.2) is 30.5 Å². The first-order valence-electron chi connectivity index (χ1n) is 8.45. The third-order valence-electron chi connectivity index (χ3n) is 5.16. The number of benzene rings is 1. The number of hydrogen-bond acceptors (Lipinski definition) is 2. The maximum absolute atomic E-state index is 12.5. The normalized spacial score (nSPS) is 18.6. The van der Waals surface area contributed by atoms with Crippen LogP contribution in [0.5, 0.6) is 0 Å². The van der Waals surface area contributed by atoms with E-state index in [1.54, 1.807) is 6.20 Å². The van der Waals surface area contributed by atoms with Crippen molar-refractivity contribution in [1.29, 1.82) is 0 Å². The number of nitrogens with two attached hydrogens (primary N) is 1. The molecule has 1 saturated heterocycles. The van der Waals surface area contributed by atoms with Crippen molar-refractivity contribution in [2.45, 2.75) is 32.0 Å². The molecule has 136 valence electrons. The summed E-state index contributed by atoms with van der Waals surface area (Å²) in [5.41, 5.74) is 6.90. The van der Waals surface area contributed by atoms with Crippen LogP contribution in [0.2, 0.25) is 0 Å². The van der Waals surface area contributed by atoms with Gasteiger partial charge < -0.3 is 10.3 Å². The topological polar surface area (TPSA) is 51.3 Å². The van der Waals surface area contributed by atoms with Gasteiger partial charge in [0.15, 0.2) is 0 Å². The van der Waals surface area contributed by atoms with Crippen LogP contribution in [0.3, 0.4) is 0 Å². The lowest BCUT2D eigenvalue weighted by atomic mass is 9.90. The fraction of sp³-hybridized carbons (Fsp3) is 0.500. The lowest BCUT2D eigenvalue weighted by Crippen LogP contribution is -2.41. The van der Waals surface area contributed by atoms with Crippen LogP contribution in [-0.4, -0.2) is 41.2 Å². The zero-order valence-corrected chi connectivity index (χ0v) is 14.1. The molecule has 1 aromatic heterocycles. The minimum absolute atomic E-state index is 0.0889. The van der Waals surface area contributed by atoms with Gasteiger partial charge in [0.2, 0.25) is 0 Å². The van der Waals surface area contributed by atoms with Crippen LogP contribution in [0, 0.1) is 5.92 Å². The van der Waals surface area contributed by atoms with Crippen LogP contribution in [-0.2, 0) is 0 Å². The first-order chi connectivity index (χ1) is 11.8. The van der Waals surface area contributed by atoms with Gasteiger partial charge >= 0.3 is 6.18 Å². The van der Waals surface area contributed by atoms with Crippen molar-refractivity contribution in [3.05, 3.63) is 36.0 Å². The number of primary amides is 1. The average molecular weight is 353 g/mol. The third kappa shape index (κ3) is 3.81. The molecule has 0 radical (unpaired) electrons. The van der Waals surface area contributed by atoms with Gasteiger partial charge in [-0.3, -0.25) is 9.69 Å². The molecule has 0 bridgehead atoms. The SMILES string of the molecule is CC(C1CCN(CC(F)(F)F)CC1)n1cc(C(N)=O)c2ccccc21. The van der Waals surface area contributed by atoms with Gasteiger partial charge in [0.25, 0.3) is 5.91 Å². The van der Waals surface area contributed by atoms with Crippen molar-refractivity contribution >= 4 is 16.8 Å². The first-order valence-corrected chi connectivity index (χ1v) is 8.45. The number of rotatable bonds is 4. The Labute approximate surface area is 144 Å². The highest BCUT2D eigenvalue weighted by Gasteiger charge is 2.34. The van der Waals surface area contributed by atoms with Gasteiger partial charge in [-0.05, 0) is 44.8 Å². The molecule has 4 nitrogen and oxygen atoms in total. The van der Waals surface area contributed by atoms with Crippen molar-refractivity contribution in [3.63, 3.8) is 0 Å². The second-order valence-corrected chi connectivity index (χ2v) is 6.80. The van der Waals surface area contributed by atoms with E-state index in [1.165, 1.54) is 4.90 Å². The van der Waals surface area contributed by atoms with E-state index < -0.39 is 18.6 Å². The fourth-order valence-corrected chi connectivity index (χ4v) is 3.81. The number of piperidine rings is 1. The second-order valence-electron chi connectivity index (χ2n) is 6.80. The van der Waals surface area contributed by atoms with Gasteiger partial charge in [0, 0.05) is 23.1 Å². The molecule has 1 aliphatic rings. The van der Waals surface area contributed by atoms with Crippen molar-refractivity contribution in [1.82, 2.24) is 9.47 Å². The zero-order chi connectivity index (χ0) is 18.2. The standard InChI is InChI=1S/C18H22F3N3O/c1-12(13-6-8-23(9-7-13)11-18(19,20)21)24-10-15(17(22)25)14-4-2-3-5-16(14)24/h2-5,10,12-13H,6-9,11H2,1H3,(H2,22,25). The molecule has 3 rings (SSSR count). The number of hydrogen-bond donors (Lipinski definition) is 1. The molecule has 0 spiro atoms. The van der Waals surface area contributed by atoms with Crippen LogP contribution in [0.4, 0.5) is 13.2 Å². The van der Waals surface area contributed by atoms with Crippen molar-refractivity contribution in [3.8, 4) is 0 Å². The molecule has 2 aromatic rings. The molecule has 1 amide bonds. The summed E-state index contributed by atoms with van der Waals surface area (Å²) in [5, 5.41) is 0.816. The third-order valence-corrected chi connectivity index (χ3v) is 5.16. The van der Waals surface area contributed by atoms with Gasteiger partial charge in [0.1, 0.15) is 0 Å². The lowest BCUT2D eigenvalue weighted by molar-refractivity contribution is -0.149. The van der Waals surface area contributed by atoms with Gasteiger partial charge in [0.05, 0.1) is 12.1 Å². The number of alkyl halides is 3. The second kappa shape index (κ2) is 6.71. The first kappa shape index (κ1) is 17.8. The molecule has 1 fully saturated rings. The number of amides is 1. The Hall–Kier alpha value is -2.02. The lowest BCUT2D eigenvalue weighted by Gasteiger charge is -2.35. The summed E-state index contributed by atoms with van der Waals surface area (Å²) in [6, 6.07) is 7.66. The van der Waals surface area contributed by atoms with Crippen molar-refractivity contribution < 1.29 is 18.0 Å². The Bertz CT molecular complexity index is 761. The van der Waals surface area contributed by atoms with Gasteiger partial charge in [-0.1, -0.05) is 18.2 Å². The fourth-order valence-electron chi connectivity index (χ4n) is 3.81. The number of nitrogens with zero attached hydrogens (tertiary/aromatic N) is 2. The molecule has 7 heteroatoms. The Morgan fingerprint density at radius 1 is 1.28 bits per heavy atom. The Balaban J connectivity index is 1.77. The number of carbonyl (C=O) groups is 1. The molecule has 0 aliphatic carbocycles. The summed E-state index contributed by atoms with van der Waals surface area (Å²) in [7, 11) is 0. The van der Waals surface area contributed by atoms with E-state index in [0.717, 1.165) is 10.9 Å². The number of fused-ring (bicyclic) bond motifs is 1. The van der Waals surface area contributed by atoms with E-state index in [4.69, 9.17) is 5.73 Å². The number of halogens is 3. The molecular weight excluding hydrogens is 331 g/mol.